The van der Waals surface area contributed by atoms with Crippen LogP contribution in [0.3, 0.4) is 0 Å². The van der Waals surface area contributed by atoms with Crippen LogP contribution in [0.1, 0.15) is 13.3 Å². The summed E-state index contributed by atoms with van der Waals surface area (Å²) in [6, 6.07) is 0. The lowest BCUT2D eigenvalue weighted by Gasteiger charge is -2.44. The highest BCUT2D eigenvalue weighted by molar-refractivity contribution is 5.89. The number of methoxy groups -OCH3 is 1. The van der Waals surface area contributed by atoms with Crippen LogP contribution in [0.25, 0.3) is 0 Å². The topological polar surface area (TPSA) is 175 Å². The van der Waals surface area contributed by atoms with Gasteiger partial charge in [-0.15, -0.1) is 0 Å². The van der Waals surface area contributed by atoms with E-state index in [0.29, 0.717) is 0 Å². The summed E-state index contributed by atoms with van der Waals surface area (Å²) in [5, 5.41) is 60.4. The summed E-state index contributed by atoms with van der Waals surface area (Å²) in [6.45, 7) is 0.819. The second kappa shape index (κ2) is 7.84. The Bertz CT molecular complexity index is 618. The minimum atomic E-state index is -1.66. The Labute approximate surface area is 160 Å². The second-order valence-electron chi connectivity index (χ2n) is 7.58. The third kappa shape index (κ3) is 3.53. The van der Waals surface area contributed by atoms with Gasteiger partial charge in [0.15, 0.2) is 6.29 Å². The van der Waals surface area contributed by atoms with Crippen LogP contribution in [0.15, 0.2) is 11.8 Å². The zero-order valence-corrected chi connectivity index (χ0v) is 15.4. The van der Waals surface area contributed by atoms with Crippen LogP contribution in [0.4, 0.5) is 0 Å². The van der Waals surface area contributed by atoms with E-state index >= 15 is 0 Å². The zero-order valence-electron chi connectivity index (χ0n) is 15.4. The van der Waals surface area contributed by atoms with Gasteiger partial charge in [0.05, 0.1) is 43.2 Å². The SMILES string of the molecule is COC(=O)C1=CO[C@@H](O[C@H]2O[C@H](CO)[C@@H](O)[C@H](O)[C@@H]2O)[C@H]2[C@@H]1[C@H](O)C[C@]2(C)O. The zero-order chi connectivity index (χ0) is 20.8. The molecule has 1 saturated carbocycles. The maximum absolute atomic E-state index is 12.0. The lowest BCUT2D eigenvalue weighted by molar-refractivity contribution is -0.346. The summed E-state index contributed by atoms with van der Waals surface area (Å²) in [7, 11) is 1.17. The first kappa shape index (κ1) is 21.4. The maximum atomic E-state index is 12.0. The van der Waals surface area contributed by atoms with Crippen molar-refractivity contribution in [2.24, 2.45) is 11.8 Å². The summed E-state index contributed by atoms with van der Waals surface area (Å²) in [5.74, 6) is -2.50. The van der Waals surface area contributed by atoms with Crippen molar-refractivity contribution in [2.75, 3.05) is 13.7 Å². The van der Waals surface area contributed by atoms with Crippen molar-refractivity contribution >= 4 is 5.97 Å². The molecule has 2 fully saturated rings. The van der Waals surface area contributed by atoms with E-state index in [1.54, 1.807) is 0 Å². The number of hydrogen-bond acceptors (Lipinski definition) is 11. The highest BCUT2D eigenvalue weighted by atomic mass is 16.8. The molecule has 1 saturated heterocycles. The highest BCUT2D eigenvalue weighted by Crippen LogP contribution is 2.49. The lowest BCUT2D eigenvalue weighted by Crippen LogP contribution is -2.60. The molecule has 11 heteroatoms. The number of fused-ring (bicyclic) bond motifs is 1. The fourth-order valence-corrected chi connectivity index (χ4v) is 4.21. The third-order valence-corrected chi connectivity index (χ3v) is 5.66. The molecule has 10 atom stereocenters. The average Bonchev–Trinajstić information content (AvgIpc) is 2.91. The van der Waals surface area contributed by atoms with Crippen molar-refractivity contribution in [2.45, 2.75) is 62.0 Å². The van der Waals surface area contributed by atoms with Gasteiger partial charge in [0.1, 0.15) is 24.4 Å². The normalized spacial score (nSPS) is 48.4. The fraction of sp³-hybridized carbons (Fsp3) is 0.824. The van der Waals surface area contributed by atoms with E-state index < -0.39 is 73.1 Å². The van der Waals surface area contributed by atoms with Gasteiger partial charge >= 0.3 is 5.97 Å². The maximum Gasteiger partial charge on any atom is 0.337 e. The molecule has 0 spiro atoms. The monoisotopic (exact) mass is 406 g/mol. The molecule has 0 aromatic carbocycles. The van der Waals surface area contributed by atoms with Gasteiger partial charge in [0.2, 0.25) is 6.29 Å². The van der Waals surface area contributed by atoms with Crippen molar-refractivity contribution in [3.05, 3.63) is 11.8 Å². The van der Waals surface area contributed by atoms with Crippen LogP contribution in [0.2, 0.25) is 0 Å². The highest BCUT2D eigenvalue weighted by Gasteiger charge is 2.59. The van der Waals surface area contributed by atoms with Gasteiger partial charge in [-0.2, -0.15) is 0 Å². The molecular formula is C17H26O11. The standard InChI is InChI=1S/C17H26O11/c1-17(24)3-7(19)9-6(14(23)25-2)5-26-15(10(9)17)28-16-13(22)12(21)11(20)8(4-18)27-16/h5,7-13,15-16,18-22,24H,3-4H2,1-2H3/t7-,8-,9+,10-,11-,12+,13+,15+,16-,17+/m1/s1. The molecule has 3 rings (SSSR count). The molecule has 0 unspecified atom stereocenters. The molecule has 2 heterocycles. The Hall–Kier alpha value is -1.31. The Balaban J connectivity index is 1.86. The third-order valence-electron chi connectivity index (χ3n) is 5.66. The molecule has 160 valence electrons. The van der Waals surface area contributed by atoms with Crippen molar-refractivity contribution in [3.8, 4) is 0 Å². The van der Waals surface area contributed by atoms with E-state index in [-0.39, 0.29) is 12.0 Å². The summed E-state index contributed by atoms with van der Waals surface area (Å²) in [6.07, 6.45) is -8.88. The van der Waals surface area contributed by atoms with Crippen molar-refractivity contribution in [1.82, 2.24) is 0 Å². The lowest BCUT2D eigenvalue weighted by atomic mass is 9.80. The number of hydrogen-bond donors (Lipinski definition) is 6. The Morgan fingerprint density at radius 3 is 2.50 bits per heavy atom. The van der Waals surface area contributed by atoms with E-state index in [1.807, 2.05) is 0 Å². The minimum absolute atomic E-state index is 0.0337. The minimum Gasteiger partial charge on any atom is -0.471 e. The molecule has 11 nitrogen and oxygen atoms in total. The Morgan fingerprint density at radius 1 is 1.21 bits per heavy atom. The number of rotatable bonds is 4. The van der Waals surface area contributed by atoms with Gasteiger partial charge < -0.3 is 49.6 Å². The summed E-state index contributed by atoms with van der Waals surface area (Å²) in [4.78, 5) is 12.0. The van der Waals surface area contributed by atoms with Crippen LogP contribution in [0, 0.1) is 11.8 Å². The van der Waals surface area contributed by atoms with E-state index in [2.05, 4.69) is 0 Å². The molecule has 0 bridgehead atoms. The number of aliphatic hydroxyl groups excluding tert-OH is 5. The Morgan fingerprint density at radius 2 is 1.89 bits per heavy atom. The average molecular weight is 406 g/mol. The number of carbonyl (C=O) groups is 1. The first-order valence-corrected chi connectivity index (χ1v) is 8.92. The van der Waals surface area contributed by atoms with E-state index in [9.17, 15) is 35.4 Å². The number of esters is 1. The molecule has 0 aromatic heterocycles. The van der Waals surface area contributed by atoms with Gasteiger partial charge in [-0.1, -0.05) is 0 Å². The van der Waals surface area contributed by atoms with E-state index in [4.69, 9.17) is 18.9 Å². The summed E-state index contributed by atoms with van der Waals surface area (Å²) < 4.78 is 21.1. The summed E-state index contributed by atoms with van der Waals surface area (Å²) in [5.41, 5.74) is -1.46. The number of aliphatic hydroxyl groups is 6. The van der Waals surface area contributed by atoms with E-state index in [0.717, 1.165) is 6.26 Å². The molecule has 0 aromatic rings. The molecule has 2 aliphatic heterocycles. The fourth-order valence-electron chi connectivity index (χ4n) is 4.21. The van der Waals surface area contributed by atoms with Gasteiger partial charge in [-0.05, 0) is 6.92 Å². The van der Waals surface area contributed by atoms with Gasteiger partial charge in [-0.25, -0.2) is 4.79 Å². The first-order valence-electron chi connectivity index (χ1n) is 8.92. The van der Waals surface area contributed by atoms with Crippen molar-refractivity contribution in [1.29, 1.82) is 0 Å². The predicted molar refractivity (Wildman–Crippen MR) is 88.1 cm³/mol. The van der Waals surface area contributed by atoms with Crippen LogP contribution >= 0.6 is 0 Å². The second-order valence-corrected chi connectivity index (χ2v) is 7.58. The number of carbonyl (C=O) groups excluding carboxylic acids is 1. The molecule has 0 amide bonds. The smallest absolute Gasteiger partial charge is 0.337 e. The van der Waals surface area contributed by atoms with Gasteiger partial charge in [0, 0.05) is 12.3 Å². The first-order chi connectivity index (χ1) is 13.1. The van der Waals surface area contributed by atoms with E-state index in [1.165, 1.54) is 14.0 Å². The van der Waals surface area contributed by atoms with Crippen LogP contribution < -0.4 is 0 Å². The molecule has 28 heavy (non-hydrogen) atoms. The van der Waals surface area contributed by atoms with Crippen molar-refractivity contribution < 1.29 is 54.4 Å². The molecular weight excluding hydrogens is 380 g/mol. The quantitative estimate of drug-likeness (QED) is 0.262. The summed E-state index contributed by atoms with van der Waals surface area (Å²) >= 11 is 0. The van der Waals surface area contributed by atoms with Crippen molar-refractivity contribution in [3.63, 3.8) is 0 Å². The predicted octanol–water partition coefficient (Wildman–Crippen LogP) is -3.04. The number of ether oxygens (including phenoxy) is 4. The van der Waals surface area contributed by atoms with Gasteiger partial charge in [0.25, 0.3) is 0 Å². The molecule has 3 aliphatic rings. The van der Waals surface area contributed by atoms with Crippen LogP contribution in [-0.2, 0) is 23.7 Å². The van der Waals surface area contributed by atoms with Crippen LogP contribution in [-0.4, -0.2) is 99.0 Å². The molecule has 6 N–H and O–H groups in total. The Kier molecular flexibility index (Phi) is 5.99. The molecule has 0 radical (unpaired) electrons. The molecule has 1 aliphatic carbocycles. The van der Waals surface area contributed by atoms with Gasteiger partial charge in [-0.3, -0.25) is 0 Å². The largest absolute Gasteiger partial charge is 0.471 e. The van der Waals surface area contributed by atoms with Crippen LogP contribution in [0.5, 0.6) is 0 Å².